The Morgan fingerprint density at radius 1 is 1.32 bits per heavy atom. The summed E-state index contributed by atoms with van der Waals surface area (Å²) in [5, 5.41) is 3.15. The van der Waals surface area contributed by atoms with Crippen LogP contribution in [-0.2, 0) is 0 Å². The first-order chi connectivity index (χ1) is 8.97. The first-order valence-electron chi connectivity index (χ1n) is 5.77. The molecular weight excluding hydrogens is 262 g/mol. The Morgan fingerprint density at radius 3 is 2.68 bits per heavy atom. The molecule has 2 aromatic rings. The highest BCUT2D eigenvalue weighted by molar-refractivity contribution is 6.34. The van der Waals surface area contributed by atoms with Gasteiger partial charge in [0.05, 0.1) is 22.5 Å². The van der Waals surface area contributed by atoms with Crippen LogP contribution >= 0.6 is 11.6 Å². The lowest BCUT2D eigenvalue weighted by Gasteiger charge is -2.09. The maximum absolute atomic E-state index is 12.1. The Kier molecular flexibility index (Phi) is 3.71. The number of nitrogens with zero attached hydrogens (tertiary/aromatic N) is 1. The number of nitrogens with two attached hydrogens (primary N) is 1. The predicted octanol–water partition coefficient (Wildman–Crippen LogP) is 3.19. The zero-order chi connectivity index (χ0) is 14.0. The van der Waals surface area contributed by atoms with Crippen LogP contribution in [0.3, 0.4) is 0 Å². The molecule has 0 radical (unpaired) electrons. The molecule has 0 atom stereocenters. The molecule has 1 aromatic carbocycles. The Hall–Kier alpha value is -2.07. The number of aromatic nitrogens is 1. The SMILES string of the molecule is Cc1ccc(C(=O)Nc2ncc(N)cc2C)c(Cl)c1. The number of carbonyl (C=O) groups is 1. The third-order valence-electron chi connectivity index (χ3n) is 2.70. The van der Waals surface area contributed by atoms with Crippen molar-refractivity contribution >= 4 is 29.0 Å². The lowest BCUT2D eigenvalue weighted by Crippen LogP contribution is -2.14. The lowest BCUT2D eigenvalue weighted by atomic mass is 10.1. The van der Waals surface area contributed by atoms with Crippen molar-refractivity contribution < 1.29 is 4.79 Å². The van der Waals surface area contributed by atoms with E-state index in [9.17, 15) is 4.79 Å². The van der Waals surface area contributed by atoms with Crippen LogP contribution in [-0.4, -0.2) is 10.9 Å². The van der Waals surface area contributed by atoms with Crippen molar-refractivity contribution in [1.82, 2.24) is 4.98 Å². The van der Waals surface area contributed by atoms with Crippen LogP contribution in [0.25, 0.3) is 0 Å². The number of benzene rings is 1. The Balaban J connectivity index is 2.25. The number of rotatable bonds is 2. The van der Waals surface area contributed by atoms with Crippen LogP contribution in [0.15, 0.2) is 30.5 Å². The number of pyridine rings is 1. The summed E-state index contributed by atoms with van der Waals surface area (Å²) < 4.78 is 0. The van der Waals surface area contributed by atoms with Crippen LogP contribution in [0.5, 0.6) is 0 Å². The molecule has 0 aliphatic carbocycles. The summed E-state index contributed by atoms with van der Waals surface area (Å²) in [5.74, 6) is 0.196. The fourth-order valence-electron chi connectivity index (χ4n) is 1.71. The molecule has 0 fully saturated rings. The van der Waals surface area contributed by atoms with Crippen molar-refractivity contribution in [2.75, 3.05) is 11.1 Å². The fourth-order valence-corrected chi connectivity index (χ4v) is 2.03. The maximum atomic E-state index is 12.1. The van der Waals surface area contributed by atoms with Crippen LogP contribution in [0.4, 0.5) is 11.5 Å². The average molecular weight is 276 g/mol. The van der Waals surface area contributed by atoms with Gasteiger partial charge in [0.25, 0.3) is 5.91 Å². The largest absolute Gasteiger partial charge is 0.397 e. The summed E-state index contributed by atoms with van der Waals surface area (Å²) >= 11 is 6.05. The number of nitrogen functional groups attached to an aromatic ring is 1. The monoisotopic (exact) mass is 275 g/mol. The van der Waals surface area contributed by atoms with Gasteiger partial charge in [-0.3, -0.25) is 4.79 Å². The average Bonchev–Trinajstić information content (AvgIpc) is 2.32. The van der Waals surface area contributed by atoms with E-state index in [0.29, 0.717) is 22.1 Å². The standard InChI is InChI=1S/C14H14ClN3O/c1-8-3-4-11(12(15)5-8)14(19)18-13-9(2)6-10(16)7-17-13/h3-7H,16H2,1-2H3,(H,17,18,19). The second kappa shape index (κ2) is 5.28. The van der Waals surface area contributed by atoms with Gasteiger partial charge in [-0.1, -0.05) is 17.7 Å². The van der Waals surface area contributed by atoms with Crippen LogP contribution in [0, 0.1) is 13.8 Å². The van der Waals surface area contributed by atoms with Gasteiger partial charge in [-0.05, 0) is 43.2 Å². The van der Waals surface area contributed by atoms with Crippen molar-refractivity contribution in [1.29, 1.82) is 0 Å². The summed E-state index contributed by atoms with van der Waals surface area (Å²) in [7, 11) is 0. The molecule has 1 aromatic heterocycles. The summed E-state index contributed by atoms with van der Waals surface area (Å²) in [6.45, 7) is 3.75. The molecule has 98 valence electrons. The third-order valence-corrected chi connectivity index (χ3v) is 3.01. The van der Waals surface area contributed by atoms with E-state index in [1.54, 1.807) is 18.2 Å². The minimum atomic E-state index is -0.287. The fraction of sp³-hybridized carbons (Fsp3) is 0.143. The summed E-state index contributed by atoms with van der Waals surface area (Å²) in [6, 6.07) is 7.03. The van der Waals surface area contributed by atoms with E-state index in [0.717, 1.165) is 11.1 Å². The molecule has 19 heavy (non-hydrogen) atoms. The van der Waals surface area contributed by atoms with E-state index >= 15 is 0 Å². The molecule has 4 nitrogen and oxygen atoms in total. The van der Waals surface area contributed by atoms with Crippen LogP contribution in [0.1, 0.15) is 21.5 Å². The minimum Gasteiger partial charge on any atom is -0.397 e. The van der Waals surface area contributed by atoms with Gasteiger partial charge < -0.3 is 11.1 Å². The molecular formula is C14H14ClN3O. The van der Waals surface area contributed by atoms with Crippen molar-refractivity contribution in [3.8, 4) is 0 Å². The number of aryl methyl sites for hydroxylation is 2. The summed E-state index contributed by atoms with van der Waals surface area (Å²) in [6.07, 6.45) is 1.50. The third kappa shape index (κ3) is 3.03. The van der Waals surface area contributed by atoms with Gasteiger partial charge in [0.15, 0.2) is 0 Å². The molecule has 0 saturated carbocycles. The molecule has 1 amide bonds. The van der Waals surface area contributed by atoms with Crippen molar-refractivity contribution in [2.45, 2.75) is 13.8 Å². The smallest absolute Gasteiger partial charge is 0.258 e. The van der Waals surface area contributed by atoms with Crippen LogP contribution < -0.4 is 11.1 Å². The van der Waals surface area contributed by atoms with Crippen molar-refractivity contribution in [3.63, 3.8) is 0 Å². The predicted molar refractivity (Wildman–Crippen MR) is 77.5 cm³/mol. The van der Waals surface area contributed by atoms with Gasteiger partial charge in [0.2, 0.25) is 0 Å². The van der Waals surface area contributed by atoms with E-state index in [1.165, 1.54) is 6.20 Å². The first kappa shape index (κ1) is 13.4. The molecule has 1 heterocycles. The number of anilines is 2. The Labute approximate surface area is 116 Å². The second-order valence-corrected chi connectivity index (χ2v) is 4.78. The summed E-state index contributed by atoms with van der Waals surface area (Å²) in [5.41, 5.74) is 8.40. The molecule has 3 N–H and O–H groups in total. The number of nitrogens with one attached hydrogen (secondary N) is 1. The molecule has 5 heteroatoms. The highest BCUT2D eigenvalue weighted by Gasteiger charge is 2.12. The van der Waals surface area contributed by atoms with E-state index < -0.39 is 0 Å². The maximum Gasteiger partial charge on any atom is 0.258 e. The van der Waals surface area contributed by atoms with E-state index in [4.69, 9.17) is 17.3 Å². The lowest BCUT2D eigenvalue weighted by molar-refractivity contribution is 0.102. The number of hydrogen-bond donors (Lipinski definition) is 2. The topological polar surface area (TPSA) is 68.0 Å². The van der Waals surface area contributed by atoms with Gasteiger partial charge in [-0.15, -0.1) is 0 Å². The van der Waals surface area contributed by atoms with Crippen molar-refractivity contribution in [3.05, 3.63) is 52.2 Å². The van der Waals surface area contributed by atoms with Gasteiger partial charge in [0.1, 0.15) is 5.82 Å². The van der Waals surface area contributed by atoms with Gasteiger partial charge in [0, 0.05) is 0 Å². The van der Waals surface area contributed by atoms with E-state index in [2.05, 4.69) is 10.3 Å². The quantitative estimate of drug-likeness (QED) is 0.884. The number of halogens is 1. The normalized spacial score (nSPS) is 10.3. The second-order valence-electron chi connectivity index (χ2n) is 4.37. The Morgan fingerprint density at radius 2 is 2.05 bits per heavy atom. The molecule has 0 aliphatic rings. The number of hydrogen-bond acceptors (Lipinski definition) is 3. The highest BCUT2D eigenvalue weighted by Crippen LogP contribution is 2.20. The summed E-state index contributed by atoms with van der Waals surface area (Å²) in [4.78, 5) is 16.2. The van der Waals surface area contributed by atoms with Gasteiger partial charge >= 0.3 is 0 Å². The first-order valence-corrected chi connectivity index (χ1v) is 6.15. The molecule has 0 saturated heterocycles. The minimum absolute atomic E-state index is 0.287. The molecule has 0 bridgehead atoms. The van der Waals surface area contributed by atoms with Crippen LogP contribution in [0.2, 0.25) is 5.02 Å². The van der Waals surface area contributed by atoms with Gasteiger partial charge in [-0.2, -0.15) is 0 Å². The Bertz CT molecular complexity index is 641. The molecule has 0 aliphatic heterocycles. The highest BCUT2D eigenvalue weighted by atomic mass is 35.5. The van der Waals surface area contributed by atoms with E-state index in [1.807, 2.05) is 19.9 Å². The molecule has 0 spiro atoms. The molecule has 0 unspecified atom stereocenters. The number of amides is 1. The number of carbonyl (C=O) groups excluding carboxylic acids is 1. The van der Waals surface area contributed by atoms with Crippen molar-refractivity contribution in [2.24, 2.45) is 0 Å². The zero-order valence-corrected chi connectivity index (χ0v) is 11.5. The van der Waals surface area contributed by atoms with E-state index in [-0.39, 0.29) is 5.91 Å². The molecule has 2 rings (SSSR count). The van der Waals surface area contributed by atoms with Gasteiger partial charge in [-0.25, -0.2) is 4.98 Å². The zero-order valence-electron chi connectivity index (χ0n) is 10.7.